The highest BCUT2D eigenvalue weighted by molar-refractivity contribution is 6.37. The maximum atomic E-state index is 10.1. The van der Waals surface area contributed by atoms with E-state index in [2.05, 4.69) is 31.1 Å². The van der Waals surface area contributed by atoms with Gasteiger partial charge in [0.25, 0.3) is 0 Å². The van der Waals surface area contributed by atoms with Gasteiger partial charge in [0.15, 0.2) is 0 Å². The third-order valence-electron chi connectivity index (χ3n) is 4.78. The van der Waals surface area contributed by atoms with Crippen molar-refractivity contribution in [2.75, 3.05) is 5.73 Å². The minimum atomic E-state index is -1.04. The van der Waals surface area contributed by atoms with Gasteiger partial charge in [-0.1, -0.05) is 18.2 Å². The van der Waals surface area contributed by atoms with Crippen LogP contribution >= 0.6 is 0 Å². The zero-order valence-corrected chi connectivity index (χ0v) is 18.1. The molecular formula is C23H24N8O. The molecular weight excluding hydrogens is 404 g/mol. The monoisotopic (exact) mass is 428 g/mol. The lowest BCUT2D eigenvalue weighted by Gasteiger charge is -2.16. The van der Waals surface area contributed by atoms with Crippen molar-refractivity contribution < 1.29 is 5.11 Å². The number of benzene rings is 1. The molecule has 0 radical (unpaired) electrons. The molecule has 0 unspecified atom stereocenters. The number of hydrogen-bond donors (Lipinski definition) is 3. The fourth-order valence-electron chi connectivity index (χ4n) is 3.07. The van der Waals surface area contributed by atoms with Crippen molar-refractivity contribution in [2.45, 2.75) is 32.9 Å². The third kappa shape index (κ3) is 5.11. The van der Waals surface area contributed by atoms with Gasteiger partial charge in [0, 0.05) is 5.56 Å². The number of nitrogens with two attached hydrogens (primary N) is 2. The smallest absolute Gasteiger partial charge is 0.221 e. The Hall–Kier alpha value is -4.16. The van der Waals surface area contributed by atoms with Gasteiger partial charge in [0.05, 0.1) is 47.2 Å². The Bertz CT molecular complexity index is 1240. The number of nitriles is 1. The summed E-state index contributed by atoms with van der Waals surface area (Å²) in [6.45, 7) is 5.46. The summed E-state index contributed by atoms with van der Waals surface area (Å²) < 4.78 is 0. The topological polar surface area (TPSA) is 159 Å². The molecule has 1 aromatic carbocycles. The number of nitrogen functional groups attached to an aromatic ring is 1. The largest absolute Gasteiger partial charge is 0.384 e. The molecule has 0 saturated carbocycles. The molecule has 0 aliphatic carbocycles. The molecule has 32 heavy (non-hydrogen) atoms. The zero-order valence-electron chi connectivity index (χ0n) is 18.1. The van der Waals surface area contributed by atoms with Crippen LogP contribution in [-0.4, -0.2) is 32.0 Å². The first-order valence-electron chi connectivity index (χ1n) is 9.84. The summed E-state index contributed by atoms with van der Waals surface area (Å²) >= 11 is 0. The van der Waals surface area contributed by atoms with Crippen LogP contribution in [0.2, 0.25) is 0 Å². The summed E-state index contributed by atoms with van der Waals surface area (Å²) in [5, 5.41) is 23.2. The molecule has 0 aliphatic heterocycles. The number of rotatable bonds is 6. The van der Waals surface area contributed by atoms with Crippen molar-refractivity contribution in [1.82, 2.24) is 15.0 Å². The summed E-state index contributed by atoms with van der Waals surface area (Å²) in [5.41, 5.74) is 9.50. The van der Waals surface area contributed by atoms with Gasteiger partial charge in [-0.05, 0) is 50.6 Å². The molecule has 2 heterocycles. The Morgan fingerprint density at radius 2 is 1.94 bits per heavy atom. The molecule has 0 aliphatic rings. The molecule has 5 N–H and O–H groups in total. The molecule has 0 saturated heterocycles. The van der Waals surface area contributed by atoms with Crippen molar-refractivity contribution in [1.29, 1.82) is 5.26 Å². The SMILES string of the molecule is Cc1c(C#N)cccc1-c1cc(C(C=NCc2cccc(C(C)(C)O)n2)=NN)nc(N)n1. The first-order chi connectivity index (χ1) is 15.2. The van der Waals surface area contributed by atoms with E-state index in [1.54, 1.807) is 38.1 Å². The summed E-state index contributed by atoms with van der Waals surface area (Å²) in [7, 11) is 0. The van der Waals surface area contributed by atoms with E-state index in [-0.39, 0.29) is 12.5 Å². The van der Waals surface area contributed by atoms with Crippen LogP contribution in [0.25, 0.3) is 11.3 Å². The highest BCUT2D eigenvalue weighted by Crippen LogP contribution is 2.25. The van der Waals surface area contributed by atoms with E-state index in [4.69, 9.17) is 11.6 Å². The van der Waals surface area contributed by atoms with Gasteiger partial charge in [0.1, 0.15) is 11.3 Å². The van der Waals surface area contributed by atoms with Gasteiger partial charge >= 0.3 is 0 Å². The van der Waals surface area contributed by atoms with Crippen molar-refractivity contribution in [3.8, 4) is 17.3 Å². The van der Waals surface area contributed by atoms with Gasteiger partial charge in [-0.25, -0.2) is 9.97 Å². The lowest BCUT2D eigenvalue weighted by Crippen LogP contribution is -2.18. The van der Waals surface area contributed by atoms with E-state index in [0.717, 1.165) is 11.1 Å². The van der Waals surface area contributed by atoms with Crippen LogP contribution in [0.3, 0.4) is 0 Å². The normalized spacial score (nSPS) is 12.2. The van der Waals surface area contributed by atoms with Crippen molar-refractivity contribution >= 4 is 17.9 Å². The summed E-state index contributed by atoms with van der Waals surface area (Å²) in [6, 6.07) is 14.6. The van der Waals surface area contributed by atoms with E-state index in [9.17, 15) is 10.4 Å². The first kappa shape index (κ1) is 22.5. The van der Waals surface area contributed by atoms with Crippen LogP contribution in [0.4, 0.5) is 5.95 Å². The second kappa shape index (κ2) is 9.32. The summed E-state index contributed by atoms with van der Waals surface area (Å²) in [6.07, 6.45) is 1.49. The predicted molar refractivity (Wildman–Crippen MR) is 124 cm³/mol. The van der Waals surface area contributed by atoms with E-state index in [1.807, 2.05) is 25.1 Å². The van der Waals surface area contributed by atoms with Crippen LogP contribution in [0.5, 0.6) is 0 Å². The van der Waals surface area contributed by atoms with Gasteiger partial charge in [-0.15, -0.1) is 0 Å². The Morgan fingerprint density at radius 1 is 1.19 bits per heavy atom. The fraction of sp³-hybridized carbons (Fsp3) is 0.217. The molecule has 0 fully saturated rings. The molecule has 3 rings (SSSR count). The summed E-state index contributed by atoms with van der Waals surface area (Å²) in [5.74, 6) is 5.63. The Balaban J connectivity index is 1.88. The van der Waals surface area contributed by atoms with Gasteiger partial charge in [-0.3, -0.25) is 9.98 Å². The number of aliphatic imine (C=N–C) groups is 1. The van der Waals surface area contributed by atoms with E-state index >= 15 is 0 Å². The molecule has 162 valence electrons. The van der Waals surface area contributed by atoms with Crippen LogP contribution < -0.4 is 11.6 Å². The molecule has 9 nitrogen and oxygen atoms in total. The van der Waals surface area contributed by atoms with Crippen molar-refractivity contribution in [3.63, 3.8) is 0 Å². The average Bonchev–Trinajstić information content (AvgIpc) is 2.76. The first-order valence-corrected chi connectivity index (χ1v) is 9.84. The average molecular weight is 429 g/mol. The lowest BCUT2D eigenvalue weighted by molar-refractivity contribution is 0.0736. The Morgan fingerprint density at radius 3 is 2.62 bits per heavy atom. The minimum absolute atomic E-state index is 0.0494. The number of hydrazone groups is 1. The molecule has 3 aromatic rings. The highest BCUT2D eigenvalue weighted by Gasteiger charge is 2.17. The lowest BCUT2D eigenvalue weighted by atomic mass is 10.00. The molecule has 2 aromatic heterocycles. The number of nitrogens with zero attached hydrogens (tertiary/aromatic N) is 6. The molecule has 9 heteroatoms. The second-order valence-electron chi connectivity index (χ2n) is 7.64. The predicted octanol–water partition coefficient (Wildman–Crippen LogP) is 2.46. The van der Waals surface area contributed by atoms with Crippen molar-refractivity contribution in [2.24, 2.45) is 15.9 Å². The summed E-state index contributed by atoms with van der Waals surface area (Å²) in [4.78, 5) is 17.3. The third-order valence-corrected chi connectivity index (χ3v) is 4.78. The van der Waals surface area contributed by atoms with E-state index in [0.29, 0.717) is 34.1 Å². The second-order valence-corrected chi connectivity index (χ2v) is 7.64. The maximum Gasteiger partial charge on any atom is 0.221 e. The minimum Gasteiger partial charge on any atom is -0.384 e. The van der Waals surface area contributed by atoms with E-state index in [1.165, 1.54) is 6.21 Å². The Kier molecular flexibility index (Phi) is 6.56. The van der Waals surface area contributed by atoms with Crippen LogP contribution in [0, 0.1) is 18.3 Å². The molecule has 0 atom stereocenters. The standard InChI is InChI=1S/C23H24N8O/c1-14-15(11-24)6-4-8-17(14)18-10-19(30-22(25)29-18)20(31-26)13-27-12-16-7-5-9-21(28-16)23(2,3)32/h4-10,13,32H,12,26H2,1-3H3,(H2,25,29,30). The van der Waals surface area contributed by atoms with Crippen LogP contribution in [-0.2, 0) is 12.1 Å². The number of anilines is 1. The van der Waals surface area contributed by atoms with E-state index < -0.39 is 5.60 Å². The van der Waals surface area contributed by atoms with Crippen LogP contribution in [0.15, 0.2) is 52.6 Å². The fourth-order valence-corrected chi connectivity index (χ4v) is 3.07. The molecule has 0 bridgehead atoms. The Labute approximate surface area is 186 Å². The number of pyridine rings is 1. The number of aliphatic hydroxyl groups is 1. The highest BCUT2D eigenvalue weighted by atomic mass is 16.3. The van der Waals surface area contributed by atoms with Gasteiger partial charge in [0.2, 0.25) is 5.95 Å². The molecule has 0 spiro atoms. The van der Waals surface area contributed by atoms with Gasteiger partial charge < -0.3 is 16.7 Å². The van der Waals surface area contributed by atoms with Crippen molar-refractivity contribution in [3.05, 3.63) is 70.7 Å². The zero-order chi connectivity index (χ0) is 23.3. The van der Waals surface area contributed by atoms with Gasteiger partial charge in [-0.2, -0.15) is 10.4 Å². The number of aromatic nitrogens is 3. The maximum absolute atomic E-state index is 10.1. The van der Waals surface area contributed by atoms with Crippen LogP contribution in [0.1, 0.15) is 42.1 Å². The quantitative estimate of drug-likeness (QED) is 0.309. The molecule has 0 amide bonds. The number of hydrogen-bond acceptors (Lipinski definition) is 9.